The smallest absolute Gasteiger partial charge is 0.0996 e. The van der Waals surface area contributed by atoms with E-state index in [1.54, 1.807) is 0 Å². The summed E-state index contributed by atoms with van der Waals surface area (Å²) in [6.07, 6.45) is 0. The minimum Gasteiger partial charge on any atom is -0.281 e. The van der Waals surface area contributed by atoms with Crippen LogP contribution < -0.4 is 5.32 Å². The van der Waals surface area contributed by atoms with Crippen LogP contribution in [0.15, 0.2) is 30.3 Å². The number of hydrogen-bond acceptors (Lipinski definition) is 1. The quantitative estimate of drug-likeness (QED) is 0.535. The second-order valence-electron chi connectivity index (χ2n) is 3.52. The van der Waals surface area contributed by atoms with Gasteiger partial charge < -0.3 is 0 Å². The lowest BCUT2D eigenvalue weighted by Gasteiger charge is -2.31. The molecule has 14 heavy (non-hydrogen) atoms. The predicted molar refractivity (Wildman–Crippen MR) is 58.4 cm³/mol. The predicted octanol–water partition coefficient (Wildman–Crippen LogP) is 1.67. The van der Waals surface area contributed by atoms with Gasteiger partial charge in [-0.3, -0.25) is 4.90 Å². The van der Waals surface area contributed by atoms with E-state index in [1.807, 2.05) is 6.07 Å². The van der Waals surface area contributed by atoms with Crippen molar-refractivity contribution in [1.29, 1.82) is 0 Å². The molecule has 1 aromatic carbocycles. The lowest BCUT2D eigenvalue weighted by molar-refractivity contribution is 0.204. The van der Waals surface area contributed by atoms with Gasteiger partial charge in [-0.15, -0.1) is 11.6 Å². The van der Waals surface area contributed by atoms with Gasteiger partial charge in [0.15, 0.2) is 0 Å². The molecule has 1 radical (unpaired) electrons. The van der Waals surface area contributed by atoms with Crippen molar-refractivity contribution in [3.63, 3.8) is 0 Å². The summed E-state index contributed by atoms with van der Waals surface area (Å²) in [6.45, 7) is 3.58. The summed E-state index contributed by atoms with van der Waals surface area (Å²) in [5.74, 6) is 0. The average molecular weight is 210 g/mol. The minimum absolute atomic E-state index is 0.0731. The van der Waals surface area contributed by atoms with E-state index >= 15 is 0 Å². The fourth-order valence-corrected chi connectivity index (χ4v) is 1.91. The summed E-state index contributed by atoms with van der Waals surface area (Å²) in [4.78, 5) is 2.27. The zero-order valence-electron chi connectivity index (χ0n) is 8.06. The maximum atomic E-state index is 6.16. The third-order valence-corrected chi connectivity index (χ3v) is 2.86. The molecule has 0 aliphatic carbocycles. The second-order valence-corrected chi connectivity index (χ2v) is 4.02. The van der Waals surface area contributed by atoms with Crippen LogP contribution in [0.2, 0.25) is 0 Å². The van der Waals surface area contributed by atoms with Crippen molar-refractivity contribution in [2.75, 3.05) is 19.6 Å². The highest BCUT2D eigenvalue weighted by molar-refractivity contribution is 6.20. The monoisotopic (exact) mass is 209 g/mol. The summed E-state index contributed by atoms with van der Waals surface area (Å²) >= 11 is 6.16. The molecule has 1 saturated heterocycles. The molecule has 0 N–H and O–H groups in total. The molecule has 1 heterocycles. The van der Waals surface area contributed by atoms with E-state index in [2.05, 4.69) is 34.5 Å². The molecule has 0 aromatic heterocycles. The lowest BCUT2D eigenvalue weighted by atomic mass is 10.2. The molecule has 1 unspecified atom stereocenters. The van der Waals surface area contributed by atoms with Crippen LogP contribution in [0.4, 0.5) is 0 Å². The van der Waals surface area contributed by atoms with Crippen LogP contribution >= 0.6 is 11.6 Å². The lowest BCUT2D eigenvalue weighted by Crippen LogP contribution is -2.44. The highest BCUT2D eigenvalue weighted by Gasteiger charge is 2.19. The van der Waals surface area contributed by atoms with Crippen LogP contribution in [0.3, 0.4) is 0 Å². The fourth-order valence-electron chi connectivity index (χ4n) is 1.65. The van der Waals surface area contributed by atoms with Crippen molar-refractivity contribution in [2.24, 2.45) is 0 Å². The van der Waals surface area contributed by atoms with E-state index in [9.17, 15) is 0 Å². The van der Waals surface area contributed by atoms with Crippen LogP contribution in [0.25, 0.3) is 0 Å². The Morgan fingerprint density at radius 1 is 1.36 bits per heavy atom. The SMILES string of the molecule is ClC1C[N]CCN1Cc1ccccc1. The molecule has 75 valence electrons. The molecule has 0 amide bonds. The van der Waals surface area contributed by atoms with Gasteiger partial charge in [0.05, 0.1) is 5.50 Å². The Bertz CT molecular complexity index is 276. The van der Waals surface area contributed by atoms with Gasteiger partial charge in [-0.2, -0.15) is 0 Å². The largest absolute Gasteiger partial charge is 0.281 e. The summed E-state index contributed by atoms with van der Waals surface area (Å²) in [5.41, 5.74) is 1.39. The van der Waals surface area contributed by atoms with Crippen LogP contribution in [-0.4, -0.2) is 30.0 Å². The highest BCUT2D eigenvalue weighted by Crippen LogP contribution is 2.12. The average Bonchev–Trinajstić information content (AvgIpc) is 2.23. The number of alkyl halides is 1. The maximum Gasteiger partial charge on any atom is 0.0996 e. The van der Waals surface area contributed by atoms with Crippen LogP contribution in [-0.2, 0) is 6.54 Å². The number of nitrogens with zero attached hydrogens (tertiary/aromatic N) is 2. The van der Waals surface area contributed by atoms with E-state index in [-0.39, 0.29) is 5.50 Å². The van der Waals surface area contributed by atoms with E-state index in [4.69, 9.17) is 11.6 Å². The molecule has 1 atom stereocenters. The zero-order chi connectivity index (χ0) is 9.80. The first-order valence-corrected chi connectivity index (χ1v) is 5.35. The molecular weight excluding hydrogens is 196 g/mol. The van der Waals surface area contributed by atoms with E-state index in [1.165, 1.54) is 5.56 Å². The van der Waals surface area contributed by atoms with Gasteiger partial charge in [-0.1, -0.05) is 30.3 Å². The number of benzene rings is 1. The minimum atomic E-state index is 0.0731. The zero-order valence-corrected chi connectivity index (χ0v) is 8.82. The fraction of sp³-hybridized carbons (Fsp3) is 0.455. The Labute approximate surface area is 89.9 Å². The van der Waals surface area contributed by atoms with Gasteiger partial charge in [0, 0.05) is 26.2 Å². The summed E-state index contributed by atoms with van der Waals surface area (Å²) < 4.78 is 0. The maximum absolute atomic E-state index is 6.16. The van der Waals surface area contributed by atoms with Crippen LogP contribution in [0.5, 0.6) is 0 Å². The Kier molecular flexibility index (Phi) is 3.40. The van der Waals surface area contributed by atoms with Crippen molar-refractivity contribution in [2.45, 2.75) is 12.0 Å². The molecular formula is C11H14ClN2. The first-order valence-electron chi connectivity index (χ1n) is 4.91. The van der Waals surface area contributed by atoms with Gasteiger partial charge in [0.25, 0.3) is 0 Å². The third-order valence-electron chi connectivity index (χ3n) is 2.45. The molecule has 2 nitrogen and oxygen atoms in total. The standard InChI is InChI=1S/C11H14ClN2/c12-11-8-13-6-7-14(11)9-10-4-2-1-3-5-10/h1-5,11H,6-9H2. The summed E-state index contributed by atoms with van der Waals surface area (Å²) in [5, 5.41) is 4.28. The molecule has 1 aliphatic rings. The molecule has 1 fully saturated rings. The van der Waals surface area contributed by atoms with E-state index in [0.29, 0.717) is 0 Å². The van der Waals surface area contributed by atoms with Gasteiger partial charge in [0.2, 0.25) is 0 Å². The second kappa shape index (κ2) is 4.78. The van der Waals surface area contributed by atoms with Crippen molar-refractivity contribution >= 4 is 11.6 Å². The van der Waals surface area contributed by atoms with Gasteiger partial charge in [-0.05, 0) is 5.56 Å². The molecule has 0 spiro atoms. The number of halogens is 1. The Morgan fingerprint density at radius 3 is 2.86 bits per heavy atom. The Hall–Kier alpha value is -0.570. The summed E-state index contributed by atoms with van der Waals surface area (Å²) in [6, 6.07) is 10.4. The normalized spacial score (nSPS) is 23.6. The van der Waals surface area contributed by atoms with Crippen molar-refractivity contribution in [3.8, 4) is 0 Å². The van der Waals surface area contributed by atoms with Crippen LogP contribution in [0, 0.1) is 0 Å². The molecule has 2 rings (SSSR count). The third kappa shape index (κ3) is 2.47. The number of piperazine rings is 1. The first kappa shape index (κ1) is 9.97. The van der Waals surface area contributed by atoms with Gasteiger partial charge in [-0.25, -0.2) is 5.32 Å². The number of hydrogen-bond donors (Lipinski definition) is 0. The van der Waals surface area contributed by atoms with E-state index < -0.39 is 0 Å². The molecule has 0 bridgehead atoms. The topological polar surface area (TPSA) is 17.3 Å². The van der Waals surface area contributed by atoms with Crippen molar-refractivity contribution < 1.29 is 0 Å². The molecule has 0 saturated carbocycles. The van der Waals surface area contributed by atoms with Gasteiger partial charge in [0.1, 0.15) is 0 Å². The first-order chi connectivity index (χ1) is 6.86. The van der Waals surface area contributed by atoms with Crippen molar-refractivity contribution in [3.05, 3.63) is 35.9 Å². The highest BCUT2D eigenvalue weighted by atomic mass is 35.5. The molecule has 3 heteroatoms. The molecule has 1 aromatic rings. The van der Waals surface area contributed by atoms with Gasteiger partial charge >= 0.3 is 0 Å². The van der Waals surface area contributed by atoms with E-state index in [0.717, 1.165) is 26.2 Å². The van der Waals surface area contributed by atoms with Crippen molar-refractivity contribution in [1.82, 2.24) is 10.2 Å². The van der Waals surface area contributed by atoms with Crippen LogP contribution in [0.1, 0.15) is 5.56 Å². The number of rotatable bonds is 2. The Balaban J connectivity index is 1.96. The molecule has 1 aliphatic heterocycles. The summed E-state index contributed by atoms with van der Waals surface area (Å²) in [7, 11) is 0. The Morgan fingerprint density at radius 2 is 2.14 bits per heavy atom.